The first-order chi connectivity index (χ1) is 12.4. The van der Waals surface area contributed by atoms with Gasteiger partial charge in [0, 0.05) is 22.2 Å². The number of hydrogen-bond donors (Lipinski definition) is 0. The van der Waals surface area contributed by atoms with Gasteiger partial charge in [-0.05, 0) is 37.3 Å². The van der Waals surface area contributed by atoms with Crippen molar-refractivity contribution in [3.63, 3.8) is 0 Å². The minimum atomic E-state index is -0.749. The number of carbonyl (C=O) groups excluding carboxylic acids is 1. The number of carbonyl (C=O) groups is 1. The summed E-state index contributed by atoms with van der Waals surface area (Å²) >= 11 is 3.29. The number of aromatic nitrogens is 2. The van der Waals surface area contributed by atoms with Crippen molar-refractivity contribution < 1.29 is 18.9 Å². The smallest absolute Gasteiger partial charge is 0.338 e. The third kappa shape index (κ3) is 3.94. The van der Waals surface area contributed by atoms with Crippen molar-refractivity contribution in [2.45, 2.75) is 13.0 Å². The van der Waals surface area contributed by atoms with Crippen LogP contribution in [0.25, 0.3) is 11.5 Å². The van der Waals surface area contributed by atoms with Crippen LogP contribution in [-0.2, 0) is 4.74 Å². The Bertz CT molecular complexity index is 955. The Morgan fingerprint density at radius 3 is 2.62 bits per heavy atom. The zero-order valence-electron chi connectivity index (χ0n) is 13.5. The summed E-state index contributed by atoms with van der Waals surface area (Å²) in [6.07, 6.45) is -0.749. The lowest BCUT2D eigenvalue weighted by Crippen LogP contribution is -2.09. The molecule has 0 N–H and O–H groups in total. The van der Waals surface area contributed by atoms with Crippen LogP contribution >= 0.6 is 15.9 Å². The summed E-state index contributed by atoms with van der Waals surface area (Å²) in [4.78, 5) is 22.4. The van der Waals surface area contributed by atoms with Gasteiger partial charge in [0.05, 0.1) is 10.5 Å². The molecule has 2 aromatic carbocycles. The maximum Gasteiger partial charge on any atom is 0.338 e. The van der Waals surface area contributed by atoms with Gasteiger partial charge in [0.1, 0.15) is 0 Å². The molecule has 0 bridgehead atoms. The topological polar surface area (TPSA) is 108 Å². The number of esters is 1. The van der Waals surface area contributed by atoms with Gasteiger partial charge < -0.3 is 9.15 Å². The SMILES string of the molecule is CC(OC(=O)c1cccc(Br)c1)c1nnc(-c2ccc([N+](=O)[O-])cc2)o1. The predicted octanol–water partition coefficient (Wildman–Crippen LogP) is 4.33. The highest BCUT2D eigenvalue weighted by Crippen LogP contribution is 2.25. The van der Waals surface area contributed by atoms with Gasteiger partial charge in [-0.3, -0.25) is 10.1 Å². The summed E-state index contributed by atoms with van der Waals surface area (Å²) in [5.41, 5.74) is 0.881. The molecule has 0 amide bonds. The van der Waals surface area contributed by atoms with Gasteiger partial charge in [-0.2, -0.15) is 0 Å². The Kier molecular flexibility index (Phi) is 5.08. The molecular formula is C17H12BrN3O5. The number of non-ortho nitro benzene ring substituents is 1. The van der Waals surface area contributed by atoms with E-state index in [1.54, 1.807) is 31.2 Å². The largest absolute Gasteiger partial charge is 0.449 e. The fourth-order valence-electron chi connectivity index (χ4n) is 2.14. The Balaban J connectivity index is 1.72. The van der Waals surface area contributed by atoms with E-state index in [4.69, 9.17) is 9.15 Å². The number of nitrogens with zero attached hydrogens (tertiary/aromatic N) is 3. The molecule has 0 aliphatic heterocycles. The van der Waals surface area contributed by atoms with E-state index in [9.17, 15) is 14.9 Å². The number of nitro benzene ring substituents is 1. The summed E-state index contributed by atoms with van der Waals surface area (Å²) in [7, 11) is 0. The van der Waals surface area contributed by atoms with Crippen molar-refractivity contribution in [1.82, 2.24) is 10.2 Å². The second kappa shape index (κ2) is 7.44. The average molecular weight is 418 g/mol. The van der Waals surface area contributed by atoms with E-state index in [2.05, 4.69) is 26.1 Å². The molecule has 0 fully saturated rings. The van der Waals surface area contributed by atoms with Crippen LogP contribution in [0.4, 0.5) is 5.69 Å². The summed E-state index contributed by atoms with van der Waals surface area (Å²) < 4.78 is 11.6. The molecule has 0 saturated carbocycles. The maximum absolute atomic E-state index is 12.2. The van der Waals surface area contributed by atoms with Gasteiger partial charge >= 0.3 is 5.97 Å². The third-order valence-electron chi connectivity index (χ3n) is 3.46. The first kappa shape index (κ1) is 17.7. The molecule has 1 unspecified atom stereocenters. The summed E-state index contributed by atoms with van der Waals surface area (Å²) in [5, 5.41) is 18.5. The number of halogens is 1. The van der Waals surface area contributed by atoms with E-state index in [0.717, 1.165) is 4.47 Å². The molecule has 132 valence electrons. The minimum absolute atomic E-state index is 0.0372. The normalized spacial score (nSPS) is 11.8. The van der Waals surface area contributed by atoms with E-state index in [-0.39, 0.29) is 17.5 Å². The first-order valence-corrected chi connectivity index (χ1v) is 8.28. The van der Waals surface area contributed by atoms with Crippen LogP contribution in [0.15, 0.2) is 57.4 Å². The van der Waals surface area contributed by atoms with Crippen molar-refractivity contribution in [3.8, 4) is 11.5 Å². The van der Waals surface area contributed by atoms with Crippen LogP contribution in [0.2, 0.25) is 0 Å². The summed E-state index contributed by atoms with van der Waals surface area (Å²) in [6.45, 7) is 1.61. The molecule has 3 rings (SSSR count). The van der Waals surface area contributed by atoms with E-state index in [0.29, 0.717) is 11.1 Å². The van der Waals surface area contributed by atoms with E-state index < -0.39 is 17.0 Å². The van der Waals surface area contributed by atoms with Crippen molar-refractivity contribution in [3.05, 3.63) is 74.6 Å². The fraction of sp³-hybridized carbons (Fsp3) is 0.118. The Labute approximate surface area is 156 Å². The summed E-state index contributed by atoms with van der Waals surface area (Å²) in [6, 6.07) is 12.5. The third-order valence-corrected chi connectivity index (χ3v) is 3.95. The molecule has 0 spiro atoms. The molecule has 8 nitrogen and oxygen atoms in total. The monoisotopic (exact) mass is 417 g/mol. The van der Waals surface area contributed by atoms with Crippen molar-refractivity contribution in [2.75, 3.05) is 0 Å². The first-order valence-electron chi connectivity index (χ1n) is 7.49. The second-order valence-electron chi connectivity index (χ2n) is 5.31. The molecular weight excluding hydrogens is 406 g/mol. The lowest BCUT2D eigenvalue weighted by atomic mass is 10.2. The molecule has 0 aliphatic carbocycles. The maximum atomic E-state index is 12.2. The number of nitro groups is 1. The van der Waals surface area contributed by atoms with Gasteiger partial charge in [0.15, 0.2) is 6.10 Å². The van der Waals surface area contributed by atoms with Crippen molar-refractivity contribution in [2.24, 2.45) is 0 Å². The average Bonchev–Trinajstić information content (AvgIpc) is 3.12. The fourth-order valence-corrected chi connectivity index (χ4v) is 2.53. The van der Waals surface area contributed by atoms with E-state index >= 15 is 0 Å². The molecule has 0 saturated heterocycles. The van der Waals surface area contributed by atoms with Gasteiger partial charge in [-0.25, -0.2) is 4.79 Å². The Hall–Kier alpha value is -3.07. The molecule has 1 aromatic heterocycles. The lowest BCUT2D eigenvalue weighted by Gasteiger charge is -2.09. The van der Waals surface area contributed by atoms with Crippen LogP contribution in [0.3, 0.4) is 0 Å². The van der Waals surface area contributed by atoms with Gasteiger partial charge in [-0.15, -0.1) is 10.2 Å². The highest BCUT2D eigenvalue weighted by atomic mass is 79.9. The highest BCUT2D eigenvalue weighted by Gasteiger charge is 2.20. The molecule has 3 aromatic rings. The van der Waals surface area contributed by atoms with E-state index in [1.165, 1.54) is 24.3 Å². The molecule has 9 heteroatoms. The number of benzene rings is 2. The van der Waals surface area contributed by atoms with Crippen LogP contribution in [0.1, 0.15) is 29.3 Å². The molecule has 0 aliphatic rings. The molecule has 1 atom stereocenters. The molecule has 26 heavy (non-hydrogen) atoms. The Morgan fingerprint density at radius 2 is 1.96 bits per heavy atom. The zero-order chi connectivity index (χ0) is 18.7. The highest BCUT2D eigenvalue weighted by molar-refractivity contribution is 9.10. The Morgan fingerprint density at radius 1 is 1.23 bits per heavy atom. The van der Waals surface area contributed by atoms with Crippen LogP contribution in [0, 0.1) is 10.1 Å². The van der Waals surface area contributed by atoms with Crippen LogP contribution in [0.5, 0.6) is 0 Å². The van der Waals surface area contributed by atoms with Crippen LogP contribution in [-0.4, -0.2) is 21.1 Å². The van der Waals surface area contributed by atoms with Gasteiger partial charge in [-0.1, -0.05) is 22.0 Å². The van der Waals surface area contributed by atoms with Gasteiger partial charge in [0.25, 0.3) is 11.6 Å². The standard InChI is InChI=1S/C17H12BrN3O5/c1-10(25-17(22)12-3-2-4-13(18)9-12)15-19-20-16(26-15)11-5-7-14(8-6-11)21(23)24/h2-10H,1H3. The number of ether oxygens (including phenoxy) is 1. The minimum Gasteiger partial charge on any atom is -0.449 e. The van der Waals surface area contributed by atoms with Crippen molar-refractivity contribution >= 4 is 27.6 Å². The zero-order valence-corrected chi connectivity index (χ0v) is 15.0. The molecule has 0 radical (unpaired) electrons. The second-order valence-corrected chi connectivity index (χ2v) is 6.22. The van der Waals surface area contributed by atoms with Crippen LogP contribution < -0.4 is 0 Å². The summed E-state index contributed by atoms with van der Waals surface area (Å²) in [5.74, 6) is -0.212. The van der Waals surface area contributed by atoms with Crippen molar-refractivity contribution in [1.29, 1.82) is 0 Å². The van der Waals surface area contributed by atoms with E-state index in [1.807, 2.05) is 0 Å². The molecule has 1 heterocycles. The lowest BCUT2D eigenvalue weighted by molar-refractivity contribution is -0.384. The number of rotatable bonds is 5. The quantitative estimate of drug-likeness (QED) is 0.345. The van der Waals surface area contributed by atoms with Gasteiger partial charge in [0.2, 0.25) is 5.89 Å². The predicted molar refractivity (Wildman–Crippen MR) is 94.4 cm³/mol. The number of hydrogen-bond acceptors (Lipinski definition) is 7.